The topological polar surface area (TPSA) is 28.4 Å². The number of fused-ring (bicyclic) bond motifs is 1. The summed E-state index contributed by atoms with van der Waals surface area (Å²) >= 11 is 0. The summed E-state index contributed by atoms with van der Waals surface area (Å²) in [6, 6.07) is 8.98. The molecule has 1 unspecified atom stereocenters. The molecule has 1 aliphatic heterocycles. The van der Waals surface area contributed by atoms with E-state index < -0.39 is 0 Å². The Morgan fingerprint density at radius 1 is 1.37 bits per heavy atom. The Balaban J connectivity index is 1.83. The van der Waals surface area contributed by atoms with Crippen molar-refractivity contribution in [2.24, 2.45) is 0 Å². The predicted octanol–water partition coefficient (Wildman–Crippen LogP) is 2.93. The van der Waals surface area contributed by atoms with E-state index in [4.69, 9.17) is 4.42 Å². The molecule has 1 aromatic carbocycles. The van der Waals surface area contributed by atoms with Gasteiger partial charge in [0.1, 0.15) is 11.3 Å². The second-order valence-electron chi connectivity index (χ2n) is 5.50. The first kappa shape index (κ1) is 12.7. The Hall–Kier alpha value is -1.32. The molecule has 3 heteroatoms. The number of nitrogens with one attached hydrogen (secondary N) is 1. The highest BCUT2D eigenvalue weighted by Gasteiger charge is 2.20. The van der Waals surface area contributed by atoms with E-state index in [-0.39, 0.29) is 0 Å². The van der Waals surface area contributed by atoms with E-state index in [1.807, 2.05) is 6.07 Å². The van der Waals surface area contributed by atoms with Gasteiger partial charge in [-0.1, -0.05) is 18.2 Å². The minimum absolute atomic E-state index is 0.632. The highest BCUT2D eigenvalue weighted by Crippen LogP contribution is 2.27. The molecule has 0 saturated carbocycles. The second-order valence-corrected chi connectivity index (χ2v) is 5.50. The number of rotatable bonds is 3. The summed E-state index contributed by atoms with van der Waals surface area (Å²) in [6.07, 6.45) is 2.57. The van der Waals surface area contributed by atoms with Crippen molar-refractivity contribution in [3.8, 4) is 0 Å². The number of benzene rings is 1. The van der Waals surface area contributed by atoms with Crippen LogP contribution in [0.15, 0.2) is 28.7 Å². The first-order valence-electron chi connectivity index (χ1n) is 7.14. The fourth-order valence-electron chi connectivity index (χ4n) is 3.08. The zero-order valence-corrected chi connectivity index (χ0v) is 11.8. The van der Waals surface area contributed by atoms with E-state index >= 15 is 0 Å². The fourth-order valence-corrected chi connectivity index (χ4v) is 3.08. The van der Waals surface area contributed by atoms with Gasteiger partial charge in [-0.3, -0.25) is 4.90 Å². The molecule has 1 fully saturated rings. The van der Waals surface area contributed by atoms with Crippen molar-refractivity contribution < 1.29 is 4.42 Å². The van der Waals surface area contributed by atoms with Crippen LogP contribution >= 0.6 is 0 Å². The summed E-state index contributed by atoms with van der Waals surface area (Å²) in [5, 5.41) is 4.67. The molecule has 3 nitrogen and oxygen atoms in total. The highest BCUT2D eigenvalue weighted by molar-refractivity contribution is 5.82. The standard InChI is InChI=1S/C16H22N2O/c1-12-15(14-7-3-4-8-16(14)19-12)11-18-9-5-6-13(10-18)17-2/h3-4,7-8,13,17H,5-6,9-11H2,1-2H3. The molecule has 1 N–H and O–H groups in total. The van der Waals surface area contributed by atoms with E-state index in [0.717, 1.165) is 24.4 Å². The van der Waals surface area contributed by atoms with Gasteiger partial charge in [-0.2, -0.15) is 0 Å². The SMILES string of the molecule is CNC1CCCN(Cc2c(C)oc3ccccc23)C1. The van der Waals surface area contributed by atoms with Gasteiger partial charge in [-0.05, 0) is 39.4 Å². The maximum absolute atomic E-state index is 5.85. The smallest absolute Gasteiger partial charge is 0.134 e. The Morgan fingerprint density at radius 2 is 2.21 bits per heavy atom. The Bertz CT molecular complexity index is 561. The molecule has 2 heterocycles. The summed E-state index contributed by atoms with van der Waals surface area (Å²) in [4.78, 5) is 2.54. The number of likely N-dealkylation sites (N-methyl/N-ethyl adjacent to an activating group) is 1. The van der Waals surface area contributed by atoms with Crippen molar-refractivity contribution >= 4 is 11.0 Å². The zero-order chi connectivity index (χ0) is 13.2. The lowest BCUT2D eigenvalue weighted by atomic mass is 10.0. The molecule has 0 aliphatic carbocycles. The van der Waals surface area contributed by atoms with Crippen LogP contribution in [0.5, 0.6) is 0 Å². The van der Waals surface area contributed by atoms with Crippen LogP contribution in [0.2, 0.25) is 0 Å². The summed E-state index contributed by atoms with van der Waals surface area (Å²) in [5.74, 6) is 1.06. The van der Waals surface area contributed by atoms with Crippen molar-refractivity contribution in [3.05, 3.63) is 35.6 Å². The fraction of sp³-hybridized carbons (Fsp3) is 0.500. The molecule has 3 rings (SSSR count). The first-order chi connectivity index (χ1) is 9.28. The number of likely N-dealkylation sites (tertiary alicyclic amines) is 1. The number of hydrogen-bond acceptors (Lipinski definition) is 3. The number of aryl methyl sites for hydroxylation is 1. The van der Waals surface area contributed by atoms with Crippen LogP contribution in [0.3, 0.4) is 0 Å². The van der Waals surface area contributed by atoms with Crippen LogP contribution < -0.4 is 5.32 Å². The lowest BCUT2D eigenvalue weighted by molar-refractivity contribution is 0.187. The third kappa shape index (κ3) is 2.53. The first-order valence-corrected chi connectivity index (χ1v) is 7.14. The monoisotopic (exact) mass is 258 g/mol. The normalized spacial score (nSPS) is 21.1. The van der Waals surface area contributed by atoms with E-state index in [0.29, 0.717) is 6.04 Å². The van der Waals surface area contributed by atoms with Crippen molar-refractivity contribution in [2.75, 3.05) is 20.1 Å². The van der Waals surface area contributed by atoms with Crippen molar-refractivity contribution in [1.29, 1.82) is 0 Å². The van der Waals surface area contributed by atoms with Gasteiger partial charge in [-0.15, -0.1) is 0 Å². The number of nitrogens with zero attached hydrogens (tertiary/aromatic N) is 1. The third-order valence-corrected chi connectivity index (χ3v) is 4.20. The predicted molar refractivity (Wildman–Crippen MR) is 78.3 cm³/mol. The van der Waals surface area contributed by atoms with Gasteiger partial charge in [0.15, 0.2) is 0 Å². The summed E-state index contributed by atoms with van der Waals surface area (Å²) in [6.45, 7) is 5.41. The van der Waals surface area contributed by atoms with Gasteiger partial charge in [0.25, 0.3) is 0 Å². The quantitative estimate of drug-likeness (QED) is 0.917. The van der Waals surface area contributed by atoms with Gasteiger partial charge >= 0.3 is 0 Å². The summed E-state index contributed by atoms with van der Waals surface area (Å²) in [5.41, 5.74) is 2.37. The number of hydrogen-bond donors (Lipinski definition) is 1. The van der Waals surface area contributed by atoms with Gasteiger partial charge in [-0.25, -0.2) is 0 Å². The van der Waals surface area contributed by atoms with E-state index in [1.165, 1.54) is 30.3 Å². The summed E-state index contributed by atoms with van der Waals surface area (Å²) in [7, 11) is 2.06. The van der Waals surface area contributed by atoms with Gasteiger partial charge < -0.3 is 9.73 Å². The molecule has 102 valence electrons. The minimum atomic E-state index is 0.632. The van der Waals surface area contributed by atoms with Gasteiger partial charge in [0.2, 0.25) is 0 Å². The van der Waals surface area contributed by atoms with Crippen LogP contribution in [0, 0.1) is 6.92 Å². The van der Waals surface area contributed by atoms with Crippen LogP contribution in [0.1, 0.15) is 24.2 Å². The Kier molecular flexibility index (Phi) is 3.58. The van der Waals surface area contributed by atoms with Crippen molar-refractivity contribution in [3.63, 3.8) is 0 Å². The molecular weight excluding hydrogens is 236 g/mol. The molecular formula is C16H22N2O. The Labute approximate surface area is 114 Å². The van der Waals surface area contributed by atoms with E-state index in [1.54, 1.807) is 0 Å². The molecule has 1 aliphatic rings. The maximum Gasteiger partial charge on any atom is 0.134 e. The van der Waals surface area contributed by atoms with Gasteiger partial charge in [0, 0.05) is 30.1 Å². The minimum Gasteiger partial charge on any atom is -0.461 e. The molecule has 2 aromatic rings. The van der Waals surface area contributed by atoms with Crippen LogP contribution in [0.4, 0.5) is 0 Å². The molecule has 19 heavy (non-hydrogen) atoms. The second kappa shape index (κ2) is 5.35. The summed E-state index contributed by atoms with van der Waals surface area (Å²) < 4.78 is 5.85. The number of piperidine rings is 1. The van der Waals surface area contributed by atoms with Gasteiger partial charge in [0.05, 0.1) is 0 Å². The Morgan fingerprint density at radius 3 is 3.05 bits per heavy atom. The average Bonchev–Trinajstić information content (AvgIpc) is 2.76. The molecule has 1 saturated heterocycles. The zero-order valence-electron chi connectivity index (χ0n) is 11.8. The third-order valence-electron chi connectivity index (χ3n) is 4.20. The average molecular weight is 258 g/mol. The molecule has 0 amide bonds. The highest BCUT2D eigenvalue weighted by atomic mass is 16.3. The van der Waals surface area contributed by atoms with Crippen molar-refractivity contribution in [2.45, 2.75) is 32.4 Å². The van der Waals surface area contributed by atoms with E-state index in [9.17, 15) is 0 Å². The molecule has 1 atom stereocenters. The lowest BCUT2D eigenvalue weighted by Crippen LogP contribution is -2.43. The molecule has 0 radical (unpaired) electrons. The molecule has 1 aromatic heterocycles. The van der Waals surface area contributed by atoms with Crippen LogP contribution in [-0.2, 0) is 6.54 Å². The van der Waals surface area contributed by atoms with E-state index in [2.05, 4.69) is 42.4 Å². The van der Waals surface area contributed by atoms with Crippen molar-refractivity contribution in [1.82, 2.24) is 10.2 Å². The number of furan rings is 1. The largest absolute Gasteiger partial charge is 0.461 e. The van der Waals surface area contributed by atoms with Crippen LogP contribution in [0.25, 0.3) is 11.0 Å². The maximum atomic E-state index is 5.85. The molecule has 0 bridgehead atoms. The number of para-hydroxylation sites is 1. The molecule has 0 spiro atoms. The lowest BCUT2D eigenvalue weighted by Gasteiger charge is -2.32. The van der Waals surface area contributed by atoms with Crippen LogP contribution in [-0.4, -0.2) is 31.1 Å².